The fourth-order valence-electron chi connectivity index (χ4n) is 1.25. The van der Waals surface area contributed by atoms with Gasteiger partial charge in [0.25, 0.3) is 5.69 Å². The molecule has 0 saturated heterocycles. The minimum atomic E-state index is -0.617. The van der Waals surface area contributed by atoms with E-state index in [0.717, 1.165) is 0 Å². The zero-order valence-corrected chi connectivity index (χ0v) is 9.47. The van der Waals surface area contributed by atoms with Gasteiger partial charge in [0.05, 0.1) is 4.92 Å². The second-order valence-corrected chi connectivity index (χ2v) is 3.56. The van der Waals surface area contributed by atoms with Crippen molar-refractivity contribution in [3.05, 3.63) is 46.0 Å². The number of hydrogen-bond acceptors (Lipinski definition) is 4. The lowest BCUT2D eigenvalue weighted by atomic mass is 10.0. The summed E-state index contributed by atoms with van der Waals surface area (Å²) < 4.78 is 0. The van der Waals surface area contributed by atoms with Crippen LogP contribution in [-0.4, -0.2) is 16.5 Å². The van der Waals surface area contributed by atoms with E-state index in [-0.39, 0.29) is 5.69 Å². The van der Waals surface area contributed by atoms with Gasteiger partial charge in [0.1, 0.15) is 0 Å². The maximum atomic E-state index is 11.2. The van der Waals surface area contributed by atoms with Crippen LogP contribution in [0.4, 0.5) is 5.69 Å². The summed E-state index contributed by atoms with van der Waals surface area (Å²) >= 11 is 0. The van der Waals surface area contributed by atoms with Crippen LogP contribution in [0.3, 0.4) is 0 Å². The van der Waals surface area contributed by atoms with Gasteiger partial charge >= 0.3 is 0 Å². The van der Waals surface area contributed by atoms with E-state index in [1.807, 2.05) is 0 Å². The predicted octanol–water partition coefficient (Wildman–Crippen LogP) is 2.16. The number of nitro benzene ring substituents is 1. The average molecular weight is 233 g/mol. The molecule has 0 aliphatic heterocycles. The van der Waals surface area contributed by atoms with E-state index >= 15 is 0 Å². The highest BCUT2D eigenvalue weighted by molar-refractivity contribution is 6.41. The number of carbonyl (C=O) groups excluding carboxylic acids is 2. The fourth-order valence-corrected chi connectivity index (χ4v) is 1.25. The number of hydrogen-bond donors (Lipinski definition) is 0. The normalized spacial score (nSPS) is 11.1. The quantitative estimate of drug-likeness (QED) is 0.345. The van der Waals surface area contributed by atoms with Crippen molar-refractivity contribution in [2.45, 2.75) is 13.8 Å². The van der Waals surface area contributed by atoms with Crippen LogP contribution in [0.1, 0.15) is 19.4 Å². The van der Waals surface area contributed by atoms with Gasteiger partial charge in [-0.25, -0.2) is 0 Å². The van der Waals surface area contributed by atoms with Gasteiger partial charge in [-0.05, 0) is 24.1 Å². The molecule has 17 heavy (non-hydrogen) atoms. The van der Waals surface area contributed by atoms with Crippen molar-refractivity contribution < 1.29 is 14.5 Å². The zero-order valence-electron chi connectivity index (χ0n) is 9.47. The Morgan fingerprint density at radius 1 is 1.29 bits per heavy atom. The molecule has 0 aliphatic rings. The average Bonchev–Trinajstić information content (AvgIpc) is 2.28. The topological polar surface area (TPSA) is 77.3 Å². The molecule has 0 heterocycles. The number of rotatable bonds is 4. The number of allylic oxidation sites excluding steroid dienone is 2. The summed E-state index contributed by atoms with van der Waals surface area (Å²) in [7, 11) is 0. The van der Waals surface area contributed by atoms with Crippen LogP contribution in [-0.2, 0) is 9.59 Å². The molecule has 0 aromatic heterocycles. The molecule has 0 saturated carbocycles. The van der Waals surface area contributed by atoms with Crippen LogP contribution in [0.5, 0.6) is 0 Å². The predicted molar refractivity (Wildman–Crippen MR) is 62.4 cm³/mol. The third-order valence-electron chi connectivity index (χ3n) is 2.21. The maximum absolute atomic E-state index is 11.2. The Kier molecular flexibility index (Phi) is 3.87. The van der Waals surface area contributed by atoms with Crippen molar-refractivity contribution in [2.75, 3.05) is 0 Å². The van der Waals surface area contributed by atoms with Crippen LogP contribution in [0.25, 0.3) is 5.57 Å². The van der Waals surface area contributed by atoms with E-state index in [4.69, 9.17) is 0 Å². The third-order valence-corrected chi connectivity index (χ3v) is 2.21. The molecule has 0 N–H and O–H groups in total. The van der Waals surface area contributed by atoms with Crippen molar-refractivity contribution in [1.29, 1.82) is 0 Å². The zero-order chi connectivity index (χ0) is 13.0. The fraction of sp³-hybridized carbons (Fsp3) is 0.167. The monoisotopic (exact) mass is 233 g/mol. The molecule has 0 bridgehead atoms. The van der Waals surface area contributed by atoms with Crippen LogP contribution in [0, 0.1) is 10.1 Å². The molecule has 0 atom stereocenters. The number of non-ortho nitro benzene ring substituents is 1. The molecule has 0 spiro atoms. The summed E-state index contributed by atoms with van der Waals surface area (Å²) in [5, 5.41) is 10.6. The first kappa shape index (κ1) is 12.8. The highest BCUT2D eigenvalue weighted by atomic mass is 16.6. The van der Waals surface area contributed by atoms with Gasteiger partial charge in [-0.1, -0.05) is 12.1 Å². The van der Waals surface area contributed by atoms with Crippen LogP contribution in [0.2, 0.25) is 0 Å². The second kappa shape index (κ2) is 5.16. The molecule has 1 aromatic carbocycles. The largest absolute Gasteiger partial charge is 0.291 e. The molecule has 1 aromatic rings. The molecule has 5 heteroatoms. The molecule has 5 nitrogen and oxygen atoms in total. The van der Waals surface area contributed by atoms with Crippen molar-refractivity contribution in [3.8, 4) is 0 Å². The number of ketones is 2. The minimum absolute atomic E-state index is 0.0504. The van der Waals surface area contributed by atoms with Gasteiger partial charge in [-0.3, -0.25) is 19.7 Å². The Balaban J connectivity index is 3.08. The van der Waals surface area contributed by atoms with E-state index in [1.54, 1.807) is 13.0 Å². The van der Waals surface area contributed by atoms with E-state index in [0.29, 0.717) is 11.1 Å². The lowest BCUT2D eigenvalue weighted by Crippen LogP contribution is -2.05. The smallest absolute Gasteiger partial charge is 0.270 e. The number of nitro groups is 1. The van der Waals surface area contributed by atoms with Crippen molar-refractivity contribution in [2.24, 2.45) is 0 Å². The van der Waals surface area contributed by atoms with Crippen molar-refractivity contribution >= 4 is 22.8 Å². The van der Waals surface area contributed by atoms with Crippen molar-refractivity contribution in [1.82, 2.24) is 0 Å². The van der Waals surface area contributed by atoms with Crippen molar-refractivity contribution in [3.63, 3.8) is 0 Å². The van der Waals surface area contributed by atoms with E-state index in [9.17, 15) is 19.7 Å². The van der Waals surface area contributed by atoms with Gasteiger partial charge in [0, 0.05) is 19.1 Å². The highest BCUT2D eigenvalue weighted by Crippen LogP contribution is 2.19. The Bertz CT molecular complexity index is 517. The number of nitrogens with zero attached hydrogens (tertiary/aromatic N) is 1. The summed E-state index contributed by atoms with van der Waals surface area (Å²) in [6.07, 6.45) is 1.18. The Morgan fingerprint density at radius 3 is 2.47 bits per heavy atom. The first-order chi connectivity index (χ1) is 7.91. The third kappa shape index (κ3) is 3.34. The van der Waals surface area contributed by atoms with Crippen LogP contribution >= 0.6 is 0 Å². The summed E-state index contributed by atoms with van der Waals surface area (Å²) in [4.78, 5) is 32.0. The lowest BCUT2D eigenvalue weighted by Gasteiger charge is -2.00. The lowest BCUT2D eigenvalue weighted by molar-refractivity contribution is -0.384. The van der Waals surface area contributed by atoms with Gasteiger partial charge in [-0.2, -0.15) is 0 Å². The number of benzene rings is 1. The van der Waals surface area contributed by atoms with E-state index in [1.165, 1.54) is 31.2 Å². The number of carbonyl (C=O) groups is 2. The molecule has 0 amide bonds. The number of Topliss-reactive ketones (excluding diaryl/α,β-unsaturated/α-hetero) is 1. The molecular formula is C12H11NO4. The first-order valence-electron chi connectivity index (χ1n) is 4.90. The molecule has 0 aliphatic carbocycles. The SMILES string of the molecule is CC(=O)C(=O)/C=C(\C)c1cccc([N+](=O)[O-])c1. The first-order valence-corrected chi connectivity index (χ1v) is 4.90. The summed E-state index contributed by atoms with van der Waals surface area (Å²) in [5.74, 6) is -1.18. The standard InChI is InChI=1S/C12H11NO4/c1-8(6-12(15)9(2)14)10-4-3-5-11(7-10)13(16)17/h3-7H,1-2H3/b8-6+. The van der Waals surface area contributed by atoms with Gasteiger partial charge in [0.2, 0.25) is 5.78 Å². The minimum Gasteiger partial charge on any atom is -0.291 e. The molecule has 0 radical (unpaired) electrons. The molecular weight excluding hydrogens is 222 g/mol. The molecule has 1 rings (SSSR count). The van der Waals surface area contributed by atoms with Gasteiger partial charge in [-0.15, -0.1) is 0 Å². The van der Waals surface area contributed by atoms with E-state index in [2.05, 4.69) is 0 Å². The molecule has 0 fully saturated rings. The maximum Gasteiger partial charge on any atom is 0.270 e. The molecule has 0 unspecified atom stereocenters. The van der Waals surface area contributed by atoms with Crippen LogP contribution < -0.4 is 0 Å². The summed E-state index contributed by atoms with van der Waals surface area (Å²) in [6.45, 7) is 2.81. The Morgan fingerprint density at radius 2 is 1.94 bits per heavy atom. The van der Waals surface area contributed by atoms with Gasteiger partial charge < -0.3 is 0 Å². The summed E-state index contributed by atoms with van der Waals surface area (Å²) in [6, 6.07) is 5.90. The Hall–Kier alpha value is -2.30. The van der Waals surface area contributed by atoms with Crippen LogP contribution in [0.15, 0.2) is 30.3 Å². The highest BCUT2D eigenvalue weighted by Gasteiger charge is 2.09. The Labute approximate surface area is 97.9 Å². The molecule has 88 valence electrons. The second-order valence-electron chi connectivity index (χ2n) is 3.56. The van der Waals surface area contributed by atoms with Gasteiger partial charge in [0.15, 0.2) is 5.78 Å². The summed E-state index contributed by atoms with van der Waals surface area (Å²) in [5.41, 5.74) is 1.02. The van der Waals surface area contributed by atoms with E-state index < -0.39 is 16.5 Å².